The molecule has 6 heteroatoms. The molecule has 3 aromatic rings. The summed E-state index contributed by atoms with van der Waals surface area (Å²) in [7, 11) is 1.82. The zero-order valence-electron chi connectivity index (χ0n) is 10.8. The first-order chi connectivity index (χ1) is 9.78. The Hall–Kier alpha value is -2.89. The highest BCUT2D eigenvalue weighted by molar-refractivity contribution is 6.06. The second-order valence-corrected chi connectivity index (χ2v) is 4.26. The first kappa shape index (κ1) is 12.2. The Labute approximate surface area is 115 Å². The van der Waals surface area contributed by atoms with E-state index in [0.29, 0.717) is 11.4 Å². The monoisotopic (exact) mass is 267 g/mol. The number of aromatic nitrogens is 3. The SMILES string of the molecule is CNc1cc(C(=O)Nc2cn[nH]c2)nc2ccccc12. The van der Waals surface area contributed by atoms with Gasteiger partial charge in [0.1, 0.15) is 5.69 Å². The van der Waals surface area contributed by atoms with Crippen molar-refractivity contribution in [1.29, 1.82) is 0 Å². The Kier molecular flexibility index (Phi) is 3.04. The number of nitrogens with one attached hydrogen (secondary N) is 3. The third-order valence-corrected chi connectivity index (χ3v) is 2.97. The minimum absolute atomic E-state index is 0.270. The summed E-state index contributed by atoms with van der Waals surface area (Å²) in [5, 5.41) is 13.2. The molecule has 0 aliphatic rings. The van der Waals surface area contributed by atoms with E-state index < -0.39 is 0 Å². The smallest absolute Gasteiger partial charge is 0.274 e. The van der Waals surface area contributed by atoms with Gasteiger partial charge in [0.15, 0.2) is 0 Å². The fourth-order valence-electron chi connectivity index (χ4n) is 2.01. The summed E-state index contributed by atoms with van der Waals surface area (Å²) in [6, 6.07) is 9.41. The first-order valence-electron chi connectivity index (χ1n) is 6.15. The standard InChI is InChI=1S/C14H13N5O/c1-15-12-6-13(14(20)18-9-7-16-17-8-9)19-11-5-3-2-4-10(11)12/h2-8H,1H3,(H,15,19)(H,16,17)(H,18,20). The van der Waals surface area contributed by atoms with Gasteiger partial charge in [0.2, 0.25) is 0 Å². The van der Waals surface area contributed by atoms with Gasteiger partial charge in [-0.1, -0.05) is 18.2 Å². The number of para-hydroxylation sites is 1. The number of anilines is 2. The average molecular weight is 267 g/mol. The molecular weight excluding hydrogens is 254 g/mol. The van der Waals surface area contributed by atoms with Gasteiger partial charge in [-0.2, -0.15) is 5.10 Å². The van der Waals surface area contributed by atoms with E-state index in [1.165, 1.54) is 6.20 Å². The molecule has 0 spiro atoms. The minimum atomic E-state index is -0.270. The van der Waals surface area contributed by atoms with Crippen LogP contribution in [0.2, 0.25) is 0 Å². The van der Waals surface area contributed by atoms with Gasteiger partial charge in [-0.15, -0.1) is 0 Å². The summed E-state index contributed by atoms with van der Waals surface area (Å²) in [4.78, 5) is 16.6. The number of benzene rings is 1. The molecular formula is C14H13N5O. The molecule has 0 unspecified atom stereocenters. The normalized spacial score (nSPS) is 10.4. The molecule has 0 fully saturated rings. The first-order valence-corrected chi connectivity index (χ1v) is 6.15. The lowest BCUT2D eigenvalue weighted by molar-refractivity contribution is 0.102. The number of carbonyl (C=O) groups excluding carboxylic acids is 1. The number of nitrogens with zero attached hydrogens (tertiary/aromatic N) is 2. The zero-order valence-corrected chi connectivity index (χ0v) is 10.8. The Morgan fingerprint density at radius 3 is 2.90 bits per heavy atom. The number of pyridine rings is 1. The molecule has 3 N–H and O–H groups in total. The molecule has 3 rings (SSSR count). The quantitative estimate of drug-likeness (QED) is 0.679. The third kappa shape index (κ3) is 2.18. The van der Waals surface area contributed by atoms with Crippen molar-refractivity contribution in [1.82, 2.24) is 15.2 Å². The van der Waals surface area contributed by atoms with E-state index in [1.807, 2.05) is 31.3 Å². The highest BCUT2D eigenvalue weighted by Crippen LogP contribution is 2.23. The fraction of sp³-hybridized carbons (Fsp3) is 0.0714. The fourth-order valence-corrected chi connectivity index (χ4v) is 2.01. The van der Waals surface area contributed by atoms with Crippen molar-refractivity contribution in [2.75, 3.05) is 17.7 Å². The van der Waals surface area contributed by atoms with Crippen LogP contribution in [0.4, 0.5) is 11.4 Å². The van der Waals surface area contributed by atoms with E-state index in [-0.39, 0.29) is 5.91 Å². The summed E-state index contributed by atoms with van der Waals surface area (Å²) in [5.41, 5.74) is 2.61. The van der Waals surface area contributed by atoms with E-state index in [2.05, 4.69) is 25.8 Å². The molecule has 20 heavy (non-hydrogen) atoms. The van der Waals surface area contributed by atoms with Gasteiger partial charge in [-0.05, 0) is 12.1 Å². The number of H-pyrrole nitrogens is 1. The van der Waals surface area contributed by atoms with Crippen LogP contribution in [0.3, 0.4) is 0 Å². The van der Waals surface area contributed by atoms with Crippen molar-refractivity contribution < 1.29 is 4.79 Å². The number of hydrogen-bond acceptors (Lipinski definition) is 4. The number of hydrogen-bond donors (Lipinski definition) is 3. The average Bonchev–Trinajstić information content (AvgIpc) is 2.99. The number of carbonyl (C=O) groups is 1. The molecule has 6 nitrogen and oxygen atoms in total. The summed E-state index contributed by atoms with van der Waals surface area (Å²) < 4.78 is 0. The Morgan fingerprint density at radius 1 is 1.30 bits per heavy atom. The Morgan fingerprint density at radius 2 is 2.15 bits per heavy atom. The van der Waals surface area contributed by atoms with E-state index >= 15 is 0 Å². The number of fused-ring (bicyclic) bond motifs is 1. The number of aromatic amines is 1. The molecule has 0 bridgehead atoms. The zero-order chi connectivity index (χ0) is 13.9. The summed E-state index contributed by atoms with van der Waals surface area (Å²) in [5.74, 6) is -0.270. The predicted molar refractivity (Wildman–Crippen MR) is 77.8 cm³/mol. The lowest BCUT2D eigenvalue weighted by Crippen LogP contribution is -2.13. The van der Waals surface area contributed by atoms with Crippen molar-refractivity contribution in [3.05, 3.63) is 48.4 Å². The largest absolute Gasteiger partial charge is 0.388 e. The summed E-state index contributed by atoms with van der Waals surface area (Å²) in [6.45, 7) is 0. The molecule has 0 saturated carbocycles. The third-order valence-electron chi connectivity index (χ3n) is 2.97. The van der Waals surface area contributed by atoms with Gasteiger partial charge in [0.25, 0.3) is 5.91 Å². The highest BCUT2D eigenvalue weighted by Gasteiger charge is 2.12. The molecule has 1 aromatic carbocycles. The molecule has 0 atom stereocenters. The van der Waals surface area contributed by atoms with Crippen molar-refractivity contribution in [3.8, 4) is 0 Å². The van der Waals surface area contributed by atoms with Gasteiger partial charge in [0, 0.05) is 24.3 Å². The maximum Gasteiger partial charge on any atom is 0.274 e. The number of rotatable bonds is 3. The lowest BCUT2D eigenvalue weighted by atomic mass is 10.1. The van der Waals surface area contributed by atoms with Crippen LogP contribution < -0.4 is 10.6 Å². The van der Waals surface area contributed by atoms with E-state index in [1.54, 1.807) is 12.3 Å². The van der Waals surface area contributed by atoms with Gasteiger partial charge >= 0.3 is 0 Å². The predicted octanol–water partition coefficient (Wildman–Crippen LogP) is 2.25. The van der Waals surface area contributed by atoms with Crippen LogP contribution in [-0.2, 0) is 0 Å². The van der Waals surface area contributed by atoms with Crippen LogP contribution in [0.25, 0.3) is 10.9 Å². The van der Waals surface area contributed by atoms with Crippen LogP contribution >= 0.6 is 0 Å². The van der Waals surface area contributed by atoms with Crippen molar-refractivity contribution in [3.63, 3.8) is 0 Å². The van der Waals surface area contributed by atoms with Gasteiger partial charge in [0.05, 0.1) is 17.4 Å². The van der Waals surface area contributed by atoms with E-state index in [0.717, 1.165) is 16.6 Å². The van der Waals surface area contributed by atoms with E-state index in [9.17, 15) is 4.79 Å². The van der Waals surface area contributed by atoms with Crippen molar-refractivity contribution in [2.24, 2.45) is 0 Å². The Bertz CT molecular complexity index is 751. The van der Waals surface area contributed by atoms with E-state index in [4.69, 9.17) is 0 Å². The summed E-state index contributed by atoms with van der Waals surface area (Å²) in [6.07, 6.45) is 3.15. The molecule has 0 radical (unpaired) electrons. The van der Waals surface area contributed by atoms with Crippen molar-refractivity contribution >= 4 is 28.2 Å². The number of amides is 1. The molecule has 100 valence electrons. The Balaban J connectivity index is 2.01. The van der Waals surface area contributed by atoms with Crippen LogP contribution in [0.15, 0.2) is 42.7 Å². The maximum absolute atomic E-state index is 12.2. The topological polar surface area (TPSA) is 82.7 Å². The molecule has 1 amide bonds. The van der Waals surface area contributed by atoms with Crippen LogP contribution in [0.5, 0.6) is 0 Å². The van der Waals surface area contributed by atoms with Gasteiger partial charge in [-0.25, -0.2) is 4.98 Å². The van der Waals surface area contributed by atoms with Crippen LogP contribution in [0, 0.1) is 0 Å². The summed E-state index contributed by atoms with van der Waals surface area (Å²) >= 11 is 0. The maximum atomic E-state index is 12.2. The molecule has 2 heterocycles. The van der Waals surface area contributed by atoms with Gasteiger partial charge in [-0.3, -0.25) is 9.89 Å². The molecule has 0 aliphatic heterocycles. The highest BCUT2D eigenvalue weighted by atomic mass is 16.1. The minimum Gasteiger partial charge on any atom is -0.388 e. The molecule has 0 saturated heterocycles. The van der Waals surface area contributed by atoms with Gasteiger partial charge < -0.3 is 10.6 Å². The second-order valence-electron chi connectivity index (χ2n) is 4.26. The lowest BCUT2D eigenvalue weighted by Gasteiger charge is -2.08. The van der Waals surface area contributed by atoms with Crippen molar-refractivity contribution in [2.45, 2.75) is 0 Å². The molecule has 0 aliphatic carbocycles. The van der Waals surface area contributed by atoms with Crippen LogP contribution in [0.1, 0.15) is 10.5 Å². The molecule has 2 aromatic heterocycles. The van der Waals surface area contributed by atoms with Crippen LogP contribution in [-0.4, -0.2) is 28.1 Å². The second kappa shape index (κ2) is 5.00.